The number of carbonyl (C=O) groups excluding carboxylic acids is 1. The molecule has 1 N–H and O–H groups in total. The van der Waals surface area contributed by atoms with Crippen LogP contribution in [0.1, 0.15) is 36.0 Å². The second-order valence-corrected chi connectivity index (χ2v) is 7.11. The lowest BCUT2D eigenvalue weighted by molar-refractivity contribution is -0.157. The number of piperidine rings is 3. The Kier molecular flexibility index (Phi) is 4.74. The molecule has 7 nitrogen and oxygen atoms in total. The van der Waals surface area contributed by atoms with Crippen LogP contribution in [-0.2, 0) is 6.18 Å². The molecule has 0 radical (unpaired) electrons. The number of hydrogen-bond donors (Lipinski definition) is 1. The number of carbonyl (C=O) groups is 1. The van der Waals surface area contributed by atoms with Crippen LogP contribution in [0.4, 0.5) is 13.2 Å². The van der Waals surface area contributed by atoms with E-state index in [2.05, 4.69) is 31.8 Å². The highest BCUT2D eigenvalue weighted by Crippen LogP contribution is 2.33. The third-order valence-electron chi connectivity index (χ3n) is 5.45. The van der Waals surface area contributed by atoms with Gasteiger partial charge in [0, 0.05) is 17.6 Å². The van der Waals surface area contributed by atoms with Crippen molar-refractivity contribution in [2.75, 3.05) is 13.1 Å². The Balaban J connectivity index is 1.39. The molecule has 3 fully saturated rings. The summed E-state index contributed by atoms with van der Waals surface area (Å²) in [5.41, 5.74) is 0.442. The van der Waals surface area contributed by atoms with Crippen LogP contribution in [0.15, 0.2) is 28.7 Å². The van der Waals surface area contributed by atoms with E-state index in [0.717, 1.165) is 25.9 Å². The van der Waals surface area contributed by atoms with Gasteiger partial charge in [-0.25, -0.2) is 0 Å². The molecule has 0 unspecified atom stereocenters. The summed E-state index contributed by atoms with van der Waals surface area (Å²) in [6.07, 6.45) is -3.17. The number of ether oxygens (including phenoxy) is 1. The molecule has 1 aromatic heterocycles. The van der Waals surface area contributed by atoms with Gasteiger partial charge >= 0.3 is 18.1 Å². The zero-order valence-electron chi connectivity index (χ0n) is 15.1. The summed E-state index contributed by atoms with van der Waals surface area (Å²) in [5.74, 6) is -0.989. The van der Waals surface area contributed by atoms with E-state index >= 15 is 0 Å². The maximum Gasteiger partial charge on any atom is 0.470 e. The molecule has 28 heavy (non-hydrogen) atoms. The number of amides is 1. The van der Waals surface area contributed by atoms with Crippen molar-refractivity contribution in [2.45, 2.75) is 38.0 Å². The van der Waals surface area contributed by atoms with Gasteiger partial charge in [-0.1, -0.05) is 10.2 Å². The van der Waals surface area contributed by atoms with Crippen molar-refractivity contribution in [3.8, 4) is 11.8 Å². The van der Waals surface area contributed by atoms with E-state index < -0.39 is 18.1 Å². The van der Waals surface area contributed by atoms with Gasteiger partial charge in [-0.3, -0.25) is 9.69 Å². The monoisotopic (exact) mass is 396 g/mol. The first kappa shape index (κ1) is 18.7. The lowest BCUT2D eigenvalue weighted by atomic mass is 9.79. The molecule has 1 amide bonds. The van der Waals surface area contributed by atoms with Crippen LogP contribution in [0.3, 0.4) is 0 Å². The highest BCUT2D eigenvalue weighted by atomic mass is 19.4. The quantitative estimate of drug-likeness (QED) is 0.856. The molecule has 2 bridgehead atoms. The largest absolute Gasteiger partial charge is 0.470 e. The number of nitrogens with zero attached hydrogens (tertiary/aromatic N) is 3. The number of alkyl halides is 3. The van der Waals surface area contributed by atoms with Crippen molar-refractivity contribution in [2.24, 2.45) is 5.92 Å². The van der Waals surface area contributed by atoms with E-state index in [1.54, 1.807) is 0 Å². The number of benzene rings is 1. The normalized spacial score (nSPS) is 26.9. The van der Waals surface area contributed by atoms with E-state index in [1.807, 2.05) is 0 Å². The third kappa shape index (κ3) is 3.68. The highest BCUT2D eigenvalue weighted by Gasteiger charge is 2.40. The van der Waals surface area contributed by atoms with Gasteiger partial charge in [0.1, 0.15) is 5.75 Å². The second-order valence-electron chi connectivity index (χ2n) is 7.11. The number of fused-ring (bicyclic) bond motifs is 3. The molecule has 2 atom stereocenters. The van der Waals surface area contributed by atoms with Crippen molar-refractivity contribution < 1.29 is 27.1 Å². The van der Waals surface area contributed by atoms with Crippen LogP contribution < -0.4 is 10.1 Å². The summed E-state index contributed by atoms with van der Waals surface area (Å²) < 4.78 is 46.9. The maximum absolute atomic E-state index is 12.6. The number of aromatic nitrogens is 2. The molecule has 5 rings (SSSR count). The topological polar surface area (TPSA) is 80.5 Å². The number of halogens is 3. The summed E-state index contributed by atoms with van der Waals surface area (Å²) >= 11 is 0. The summed E-state index contributed by atoms with van der Waals surface area (Å²) in [7, 11) is 0. The van der Waals surface area contributed by atoms with Crippen molar-refractivity contribution in [1.82, 2.24) is 20.4 Å². The first-order chi connectivity index (χ1) is 13.3. The maximum atomic E-state index is 12.6. The van der Waals surface area contributed by atoms with Gasteiger partial charge < -0.3 is 14.5 Å². The van der Waals surface area contributed by atoms with Crippen molar-refractivity contribution in [1.29, 1.82) is 0 Å². The Morgan fingerprint density at radius 1 is 1.21 bits per heavy atom. The van der Waals surface area contributed by atoms with Crippen LogP contribution in [0, 0.1) is 5.92 Å². The number of rotatable bonds is 4. The lowest BCUT2D eigenvalue weighted by Gasteiger charge is -2.49. The summed E-state index contributed by atoms with van der Waals surface area (Å²) in [6, 6.07) is 6.43. The van der Waals surface area contributed by atoms with E-state index in [0.29, 0.717) is 17.5 Å². The van der Waals surface area contributed by atoms with Gasteiger partial charge in [0.15, 0.2) is 0 Å². The van der Waals surface area contributed by atoms with E-state index in [-0.39, 0.29) is 17.7 Å². The Hall–Kier alpha value is -2.62. The molecule has 10 heteroatoms. The number of hydrogen-bond acceptors (Lipinski definition) is 6. The summed E-state index contributed by atoms with van der Waals surface area (Å²) in [6.45, 7) is 4.29. The Bertz CT molecular complexity index is 843. The lowest BCUT2D eigenvalue weighted by Crippen LogP contribution is -2.62. The molecule has 0 saturated carbocycles. The molecule has 4 heterocycles. The minimum Gasteiger partial charge on any atom is -0.410 e. The smallest absolute Gasteiger partial charge is 0.410 e. The second kappa shape index (κ2) is 7.08. The molecule has 0 aliphatic carbocycles. The van der Waals surface area contributed by atoms with Gasteiger partial charge in [0.2, 0.25) is 0 Å². The van der Waals surface area contributed by atoms with Crippen LogP contribution in [0.2, 0.25) is 0 Å². The van der Waals surface area contributed by atoms with Gasteiger partial charge in [-0.05, 0) is 63.0 Å². The molecular formula is C18H19F3N4O3. The molecule has 2 aromatic rings. The average molecular weight is 396 g/mol. The van der Waals surface area contributed by atoms with E-state index in [1.165, 1.54) is 24.3 Å². The Morgan fingerprint density at radius 3 is 2.46 bits per heavy atom. The standard InChI is InChI=1S/C18H19F3N4O3/c1-10-14(11-6-8-25(10)9-7-11)22-15(26)12-2-4-13(5-3-12)27-17-24-23-16(28-17)18(19,20)21/h2-5,10-11,14H,6-9H2,1H3,(H,22,26)/t10-,14-/m0/s1. The highest BCUT2D eigenvalue weighted by molar-refractivity contribution is 5.94. The molecule has 150 valence electrons. The van der Waals surface area contributed by atoms with E-state index in [9.17, 15) is 18.0 Å². The zero-order valence-corrected chi connectivity index (χ0v) is 15.1. The molecule has 3 aliphatic rings. The fourth-order valence-corrected chi connectivity index (χ4v) is 3.92. The third-order valence-corrected chi connectivity index (χ3v) is 5.45. The number of nitrogens with one attached hydrogen (secondary N) is 1. The van der Waals surface area contributed by atoms with Gasteiger partial charge in [0.25, 0.3) is 5.91 Å². The molecule has 3 aliphatic heterocycles. The molecule has 3 saturated heterocycles. The van der Waals surface area contributed by atoms with E-state index in [4.69, 9.17) is 4.74 Å². The van der Waals surface area contributed by atoms with Crippen molar-refractivity contribution in [3.05, 3.63) is 35.7 Å². The predicted molar refractivity (Wildman–Crippen MR) is 90.8 cm³/mol. The Morgan fingerprint density at radius 2 is 1.89 bits per heavy atom. The first-order valence-electron chi connectivity index (χ1n) is 9.05. The van der Waals surface area contributed by atoms with Crippen molar-refractivity contribution in [3.63, 3.8) is 0 Å². The van der Waals surface area contributed by atoms with Crippen molar-refractivity contribution >= 4 is 5.91 Å². The SMILES string of the molecule is C[C@H]1[C@H](NC(=O)c2ccc(Oc3nnc(C(F)(F)F)o3)cc2)C2CCN1CC2. The molecule has 0 spiro atoms. The Labute approximate surface area is 158 Å². The minimum absolute atomic E-state index is 0.116. The fraction of sp³-hybridized carbons (Fsp3) is 0.500. The predicted octanol–water partition coefficient (Wildman–Crippen LogP) is 3.09. The summed E-state index contributed by atoms with van der Waals surface area (Å²) in [4.78, 5) is 15.0. The van der Waals surface area contributed by atoms with Crippen LogP contribution >= 0.6 is 0 Å². The molecule has 1 aromatic carbocycles. The van der Waals surface area contributed by atoms with Gasteiger partial charge in [-0.2, -0.15) is 13.2 Å². The van der Waals surface area contributed by atoms with Crippen LogP contribution in [-0.4, -0.2) is 46.2 Å². The minimum atomic E-state index is -4.73. The van der Waals surface area contributed by atoms with Crippen LogP contribution in [0.25, 0.3) is 0 Å². The van der Waals surface area contributed by atoms with Gasteiger partial charge in [-0.15, -0.1) is 0 Å². The summed E-state index contributed by atoms with van der Waals surface area (Å²) in [5, 5.41) is 9.20. The molecular weight excluding hydrogens is 377 g/mol. The fourth-order valence-electron chi connectivity index (χ4n) is 3.92. The van der Waals surface area contributed by atoms with Gasteiger partial charge in [0.05, 0.1) is 0 Å². The first-order valence-corrected chi connectivity index (χ1v) is 9.05. The van der Waals surface area contributed by atoms with Crippen LogP contribution in [0.5, 0.6) is 11.8 Å². The average Bonchev–Trinajstić information content (AvgIpc) is 3.14. The zero-order chi connectivity index (χ0) is 19.9.